The number of allylic oxidation sites excluding steroid dienone is 5. The molecule has 30 heavy (non-hydrogen) atoms. The minimum Gasteiger partial charge on any atom is -0.145 e. The molecule has 2 nitrogen and oxygen atoms in total. The third-order valence-electron chi connectivity index (χ3n) is 6.38. The third kappa shape index (κ3) is 3.87. The van der Waals surface area contributed by atoms with Gasteiger partial charge in [-0.1, -0.05) is 36.4 Å². The van der Waals surface area contributed by atoms with Crippen LogP contribution in [0.25, 0.3) is 6.08 Å². The topological polar surface area (TPSA) is 29.4 Å². The molecule has 152 valence electrons. The zero-order chi connectivity index (χ0) is 21.3. The van der Waals surface area contributed by atoms with E-state index in [1.165, 1.54) is 44.0 Å². The minimum absolute atomic E-state index is 0.0606. The quantitative estimate of drug-likeness (QED) is 0.221. The van der Waals surface area contributed by atoms with E-state index in [9.17, 15) is 4.91 Å². The van der Waals surface area contributed by atoms with Crippen LogP contribution in [0.15, 0.2) is 81.4 Å². The van der Waals surface area contributed by atoms with Crippen molar-refractivity contribution in [2.24, 2.45) is 5.18 Å². The van der Waals surface area contributed by atoms with Gasteiger partial charge in [-0.2, -0.15) is 0 Å². The molecule has 0 unspecified atom stereocenters. The monoisotopic (exact) mass is 414 g/mol. The van der Waals surface area contributed by atoms with Crippen molar-refractivity contribution in [2.45, 2.75) is 57.3 Å². The lowest BCUT2D eigenvalue weighted by Crippen LogP contribution is -2.24. The first kappa shape index (κ1) is 20.6. The normalized spacial score (nSPS) is 19.3. The summed E-state index contributed by atoms with van der Waals surface area (Å²) in [6.07, 6.45) is 10.3. The molecule has 1 aliphatic carbocycles. The van der Waals surface area contributed by atoms with Crippen LogP contribution in [0.4, 0.5) is 5.69 Å². The van der Waals surface area contributed by atoms with Crippen molar-refractivity contribution in [1.29, 1.82) is 0 Å². The maximum absolute atomic E-state index is 10.8. The number of nitrogens with zero attached hydrogens (tertiary/aromatic N) is 1. The highest BCUT2D eigenvalue weighted by Gasteiger charge is 2.42. The van der Waals surface area contributed by atoms with E-state index >= 15 is 0 Å². The number of benzene rings is 2. The Balaban J connectivity index is 1.63. The number of nitroso groups, excluding NO2 is 1. The summed E-state index contributed by atoms with van der Waals surface area (Å²) in [4.78, 5) is 13.6. The van der Waals surface area contributed by atoms with Crippen LogP contribution in [-0.4, -0.2) is 4.86 Å². The molecule has 0 N–H and O–H groups in total. The van der Waals surface area contributed by atoms with Crippen LogP contribution < -0.4 is 0 Å². The predicted octanol–water partition coefficient (Wildman–Crippen LogP) is 7.44. The van der Waals surface area contributed by atoms with Crippen LogP contribution in [0.1, 0.15) is 56.7 Å². The summed E-state index contributed by atoms with van der Waals surface area (Å²) >= 11 is 1.90. The second-order valence-corrected chi connectivity index (χ2v) is 9.81. The zero-order valence-corrected chi connectivity index (χ0v) is 19.0. The molecule has 0 radical (unpaired) electrons. The highest BCUT2D eigenvalue weighted by atomic mass is 32.1. The first-order valence-electron chi connectivity index (χ1n) is 10.6. The summed E-state index contributed by atoms with van der Waals surface area (Å²) in [7, 11) is 0. The average molecular weight is 415 g/mol. The van der Waals surface area contributed by atoms with Gasteiger partial charge in [0.05, 0.1) is 5.41 Å². The maximum atomic E-state index is 10.8. The Morgan fingerprint density at radius 3 is 2.57 bits per heavy atom. The van der Waals surface area contributed by atoms with Crippen molar-refractivity contribution in [2.75, 3.05) is 0 Å². The fraction of sp³-hybridized carbons (Fsp3) is 0.296. The van der Waals surface area contributed by atoms with Gasteiger partial charge in [0.1, 0.15) is 5.69 Å². The second kappa shape index (κ2) is 8.23. The van der Waals surface area contributed by atoms with E-state index in [0.717, 1.165) is 18.4 Å². The molecule has 0 aromatic heterocycles. The van der Waals surface area contributed by atoms with Gasteiger partial charge in [0, 0.05) is 17.7 Å². The molecule has 0 fully saturated rings. The first-order valence-corrected chi connectivity index (χ1v) is 11.4. The van der Waals surface area contributed by atoms with Crippen LogP contribution in [0, 0.1) is 11.8 Å². The lowest BCUT2D eigenvalue weighted by Gasteiger charge is -2.20. The van der Waals surface area contributed by atoms with Crippen LogP contribution >= 0.6 is 0 Å². The van der Waals surface area contributed by atoms with Crippen molar-refractivity contribution >= 4 is 28.0 Å². The average Bonchev–Trinajstić information content (AvgIpc) is 3.00. The van der Waals surface area contributed by atoms with E-state index in [0.29, 0.717) is 5.69 Å². The van der Waals surface area contributed by atoms with E-state index in [1.54, 1.807) is 6.07 Å². The Hall–Kier alpha value is -2.65. The van der Waals surface area contributed by atoms with Crippen LogP contribution in [0.2, 0.25) is 0 Å². The van der Waals surface area contributed by atoms with E-state index in [4.69, 9.17) is 0 Å². The van der Waals surface area contributed by atoms with Gasteiger partial charge in [-0.3, -0.25) is 0 Å². The van der Waals surface area contributed by atoms with Crippen molar-refractivity contribution in [1.82, 2.24) is 0 Å². The molecule has 1 aliphatic heterocycles. The largest absolute Gasteiger partial charge is 0.235 e. The molecule has 4 rings (SSSR count). The van der Waals surface area contributed by atoms with Gasteiger partial charge in [0.25, 0.3) is 0 Å². The molecular weight excluding hydrogens is 386 g/mol. The number of hydrogen-bond acceptors (Lipinski definition) is 2. The molecule has 2 aliphatic rings. The summed E-state index contributed by atoms with van der Waals surface area (Å²) < 4.78 is 0. The van der Waals surface area contributed by atoms with Gasteiger partial charge in [-0.15, -0.1) is 4.91 Å². The van der Waals surface area contributed by atoms with E-state index in [2.05, 4.69) is 68.4 Å². The fourth-order valence-corrected chi connectivity index (χ4v) is 5.69. The standard InChI is InChI=1S/C27H28NOS/c1-18-16-23(28-29)14-12-21(18)17-22-9-7-8-20(19(22)2)13-15-26-27(3,4)24-10-5-6-11-25(24)30-26/h5-6,10-17H,7-9H2,1-4H3/q+1/b15-13+,22-17-. The van der Waals surface area contributed by atoms with Gasteiger partial charge in [-0.05, 0) is 92.1 Å². The van der Waals surface area contributed by atoms with Crippen LogP contribution in [0.5, 0.6) is 0 Å². The molecule has 0 atom stereocenters. The van der Waals surface area contributed by atoms with Crippen molar-refractivity contribution in [3.8, 4) is 0 Å². The molecule has 0 amide bonds. The summed E-state index contributed by atoms with van der Waals surface area (Å²) in [6.45, 7) is 8.92. The summed E-state index contributed by atoms with van der Waals surface area (Å²) in [5.74, 6) is 0. The van der Waals surface area contributed by atoms with Crippen molar-refractivity contribution in [3.05, 3.63) is 92.9 Å². The number of aryl methyl sites for hydroxylation is 1. The Labute approximate surface area is 183 Å². The maximum Gasteiger partial charge on any atom is 0.235 e. The van der Waals surface area contributed by atoms with Gasteiger partial charge in [0.2, 0.25) is 21.1 Å². The van der Waals surface area contributed by atoms with E-state index in [1.807, 2.05) is 30.4 Å². The van der Waals surface area contributed by atoms with Gasteiger partial charge < -0.3 is 0 Å². The molecule has 2 aromatic rings. The minimum atomic E-state index is 0.0606. The third-order valence-corrected chi connectivity index (χ3v) is 7.82. The highest BCUT2D eigenvalue weighted by Crippen LogP contribution is 2.36. The van der Waals surface area contributed by atoms with Crippen molar-refractivity contribution in [3.63, 3.8) is 0 Å². The molecule has 1 heterocycles. The Morgan fingerprint density at radius 1 is 1.03 bits per heavy atom. The molecule has 0 saturated heterocycles. The van der Waals surface area contributed by atoms with Gasteiger partial charge in [-0.25, -0.2) is 0 Å². The Bertz CT molecular complexity index is 1130. The summed E-state index contributed by atoms with van der Waals surface area (Å²) in [5, 5.41) is 3.04. The smallest absolute Gasteiger partial charge is 0.145 e. The van der Waals surface area contributed by atoms with Crippen LogP contribution in [-0.2, 0) is 16.8 Å². The van der Waals surface area contributed by atoms with Gasteiger partial charge in [0.15, 0.2) is 0 Å². The molecule has 2 aromatic carbocycles. The summed E-state index contributed by atoms with van der Waals surface area (Å²) in [6, 6.07) is 14.4. The first-order chi connectivity index (χ1) is 14.4. The second-order valence-electron chi connectivity index (χ2n) is 8.73. The molecule has 0 spiro atoms. The SMILES string of the molecule is CC1=C(/C=C/C2=[S+]c3ccccc3C2(C)C)CCC/C1=C/c1ccc(N=O)cc1C. The lowest BCUT2D eigenvalue weighted by atomic mass is 9.81. The van der Waals surface area contributed by atoms with Crippen molar-refractivity contribution < 1.29 is 0 Å². The number of fused-ring (bicyclic) bond motifs is 1. The fourth-order valence-electron chi connectivity index (χ4n) is 4.37. The highest BCUT2D eigenvalue weighted by molar-refractivity contribution is 7.79. The predicted molar refractivity (Wildman–Crippen MR) is 130 cm³/mol. The molecule has 3 heteroatoms. The summed E-state index contributed by atoms with van der Waals surface area (Å²) in [5.41, 5.74) is 8.43. The molecule has 0 saturated carbocycles. The zero-order valence-electron chi connectivity index (χ0n) is 18.2. The lowest BCUT2D eigenvalue weighted by molar-refractivity contribution is 0.721. The Kier molecular flexibility index (Phi) is 5.66. The van der Waals surface area contributed by atoms with Crippen LogP contribution in [0.3, 0.4) is 0 Å². The number of hydrogen-bond donors (Lipinski definition) is 0. The molecule has 0 bridgehead atoms. The van der Waals surface area contributed by atoms with E-state index in [-0.39, 0.29) is 5.41 Å². The van der Waals surface area contributed by atoms with E-state index < -0.39 is 0 Å². The number of rotatable bonds is 4. The van der Waals surface area contributed by atoms with Gasteiger partial charge >= 0.3 is 0 Å². The Morgan fingerprint density at radius 2 is 1.83 bits per heavy atom. The molecular formula is C27H28NOS+.